The molecule has 0 saturated heterocycles. The summed E-state index contributed by atoms with van der Waals surface area (Å²) in [5, 5.41) is 16.2. The molecule has 84 heavy (non-hydrogen) atoms. The van der Waals surface area contributed by atoms with Crippen molar-refractivity contribution >= 4 is 154 Å². The Morgan fingerprint density at radius 3 is 1.01 bits per heavy atom. The Kier molecular flexibility index (Phi) is 9.99. The minimum atomic E-state index is 0.823. The Hall–Kier alpha value is -11.3. The lowest BCUT2D eigenvalue weighted by atomic mass is 9.99. The van der Waals surface area contributed by atoms with Gasteiger partial charge in [-0.1, -0.05) is 133 Å². The van der Waals surface area contributed by atoms with Crippen LogP contribution in [-0.4, -0.2) is 9.13 Å². The number of hydrogen-bond acceptors (Lipinski definition) is 4. The molecule has 14 aromatic carbocycles. The zero-order chi connectivity index (χ0) is 55.0. The van der Waals surface area contributed by atoms with Gasteiger partial charge in [-0.05, 0) is 178 Å². The van der Waals surface area contributed by atoms with E-state index in [-0.39, 0.29) is 0 Å². The fraction of sp³-hybridized carbons (Fsp3) is 0. The van der Waals surface area contributed by atoms with Crippen LogP contribution in [0.25, 0.3) is 131 Å². The summed E-state index contributed by atoms with van der Waals surface area (Å²) in [4.78, 5) is 4.69. The number of furan rings is 2. The van der Waals surface area contributed by atoms with Crippen LogP contribution in [0.4, 0.5) is 34.1 Å². The molecule has 0 saturated carbocycles. The van der Waals surface area contributed by atoms with E-state index < -0.39 is 0 Å². The van der Waals surface area contributed by atoms with Gasteiger partial charge in [-0.25, -0.2) is 0 Å². The molecule has 0 aliphatic carbocycles. The maximum Gasteiger partial charge on any atom is 0.137 e. The van der Waals surface area contributed by atoms with Crippen LogP contribution in [0.2, 0.25) is 0 Å². The van der Waals surface area contributed by atoms with Crippen LogP contribution < -0.4 is 9.80 Å². The van der Waals surface area contributed by atoms with Gasteiger partial charge >= 0.3 is 0 Å². The highest BCUT2D eigenvalue weighted by molar-refractivity contribution is 6.28. The van der Waals surface area contributed by atoms with Crippen molar-refractivity contribution < 1.29 is 8.83 Å². The lowest BCUT2D eigenvalue weighted by Crippen LogP contribution is -2.09. The third kappa shape index (κ3) is 6.92. The lowest BCUT2D eigenvalue weighted by molar-refractivity contribution is 0.668. The first kappa shape index (κ1) is 46.4. The highest BCUT2D eigenvalue weighted by atomic mass is 16.3. The molecular formula is C78H48N4O2. The van der Waals surface area contributed by atoms with Crippen LogP contribution in [0.3, 0.4) is 0 Å². The summed E-state index contributed by atoms with van der Waals surface area (Å²) in [7, 11) is 0. The predicted molar refractivity (Wildman–Crippen MR) is 352 cm³/mol. The lowest BCUT2D eigenvalue weighted by Gasteiger charge is -2.26. The minimum Gasteiger partial charge on any atom is -0.456 e. The predicted octanol–water partition coefficient (Wildman–Crippen LogP) is 22.1. The standard InChI is InChI=1S/C78H48N4O2/c1-5-17-51(18-6-1)79(55-33-29-49-31-41-69-75(65(49)45-55)61-25-13-15-27-67(61)81(69)53-21-9-3-10-22-53)57-35-37-63-73(47-57)83-71-43-39-60-59(77(63)71)40-44-72-78(60)64-38-36-58(48-74(64)84-72)80(52-19-7-2-8-20-52)56-34-30-50-32-42-70-76(66(50)46-56)62-26-14-16-28-68(62)82(70)54-23-11-4-12-24-54/h1-48H. The third-order valence-corrected chi connectivity index (χ3v) is 17.4. The molecular weight excluding hydrogens is 1020 g/mol. The highest BCUT2D eigenvalue weighted by Gasteiger charge is 2.23. The molecule has 18 rings (SSSR count). The Labute approximate surface area is 481 Å². The van der Waals surface area contributed by atoms with Gasteiger partial charge in [0.05, 0.1) is 22.1 Å². The van der Waals surface area contributed by atoms with E-state index in [4.69, 9.17) is 8.83 Å². The van der Waals surface area contributed by atoms with Crippen LogP contribution in [-0.2, 0) is 0 Å². The first-order valence-electron chi connectivity index (χ1n) is 28.6. The van der Waals surface area contributed by atoms with Crippen LogP contribution in [0, 0.1) is 0 Å². The van der Waals surface area contributed by atoms with Crippen LogP contribution >= 0.6 is 0 Å². The Balaban J connectivity index is 0.758. The van der Waals surface area contributed by atoms with Gasteiger partial charge in [-0.2, -0.15) is 0 Å². The van der Waals surface area contributed by atoms with Gasteiger partial charge in [-0.3, -0.25) is 0 Å². The second-order valence-electron chi connectivity index (χ2n) is 22.0. The zero-order valence-corrected chi connectivity index (χ0v) is 45.3. The van der Waals surface area contributed by atoms with Crippen LogP contribution in [0.5, 0.6) is 0 Å². The van der Waals surface area contributed by atoms with Crippen LogP contribution in [0.15, 0.2) is 300 Å². The first-order valence-corrected chi connectivity index (χ1v) is 28.6. The number of anilines is 6. The maximum absolute atomic E-state index is 6.88. The maximum atomic E-state index is 6.88. The van der Waals surface area contributed by atoms with Crippen molar-refractivity contribution in [1.82, 2.24) is 9.13 Å². The first-order chi connectivity index (χ1) is 41.7. The quantitative estimate of drug-likeness (QED) is 0.152. The smallest absolute Gasteiger partial charge is 0.137 e. The van der Waals surface area contributed by atoms with E-state index in [0.717, 1.165) is 100 Å². The summed E-state index contributed by atoms with van der Waals surface area (Å²) in [6.45, 7) is 0. The highest BCUT2D eigenvalue weighted by Crippen LogP contribution is 2.47. The van der Waals surface area contributed by atoms with E-state index >= 15 is 0 Å². The number of nitrogens with zero attached hydrogens (tertiary/aromatic N) is 4. The van der Waals surface area contributed by atoms with Gasteiger partial charge in [-0.15, -0.1) is 0 Å². The molecule has 0 amide bonds. The molecule has 392 valence electrons. The summed E-state index contributed by atoms with van der Waals surface area (Å²) in [6, 6.07) is 105. The monoisotopic (exact) mass is 1070 g/mol. The second-order valence-corrected chi connectivity index (χ2v) is 22.0. The average Bonchev–Trinajstić information content (AvgIpc) is 2.06. The molecule has 4 aromatic heterocycles. The second kappa shape index (κ2) is 18.1. The summed E-state index contributed by atoms with van der Waals surface area (Å²) in [5.41, 5.74) is 16.6. The molecule has 0 unspecified atom stereocenters. The van der Waals surface area contributed by atoms with Gasteiger partial charge in [0.2, 0.25) is 0 Å². The van der Waals surface area contributed by atoms with E-state index in [1.54, 1.807) is 0 Å². The van der Waals surface area contributed by atoms with Crippen molar-refractivity contribution in [1.29, 1.82) is 0 Å². The minimum absolute atomic E-state index is 0.823. The van der Waals surface area contributed by atoms with Gasteiger partial charge in [0, 0.05) is 101 Å². The Morgan fingerprint density at radius 2 is 0.571 bits per heavy atom. The number of rotatable bonds is 8. The van der Waals surface area contributed by atoms with Crippen LogP contribution in [0.1, 0.15) is 0 Å². The Morgan fingerprint density at radius 1 is 0.214 bits per heavy atom. The van der Waals surface area contributed by atoms with Crippen molar-refractivity contribution in [3.63, 3.8) is 0 Å². The average molecular weight is 1070 g/mol. The zero-order valence-electron chi connectivity index (χ0n) is 45.3. The summed E-state index contributed by atoms with van der Waals surface area (Å²) < 4.78 is 18.5. The molecule has 4 heterocycles. The topological polar surface area (TPSA) is 42.6 Å². The molecule has 0 aliphatic rings. The molecule has 6 heteroatoms. The van der Waals surface area contributed by atoms with Crippen molar-refractivity contribution in [2.24, 2.45) is 0 Å². The third-order valence-electron chi connectivity index (χ3n) is 17.4. The number of para-hydroxylation sites is 6. The van der Waals surface area contributed by atoms with Crippen molar-refractivity contribution in [3.8, 4) is 11.4 Å². The van der Waals surface area contributed by atoms with Crippen molar-refractivity contribution in [3.05, 3.63) is 291 Å². The van der Waals surface area contributed by atoms with Gasteiger partial charge in [0.25, 0.3) is 0 Å². The molecule has 18 aromatic rings. The normalized spacial score (nSPS) is 12.0. The number of hydrogen-bond donors (Lipinski definition) is 0. The fourth-order valence-corrected chi connectivity index (χ4v) is 13.8. The van der Waals surface area contributed by atoms with E-state index in [2.05, 4.69) is 310 Å². The summed E-state index contributed by atoms with van der Waals surface area (Å²) in [5.74, 6) is 0. The summed E-state index contributed by atoms with van der Waals surface area (Å²) >= 11 is 0. The molecule has 0 spiro atoms. The van der Waals surface area contributed by atoms with Gasteiger partial charge in [0.15, 0.2) is 0 Å². The molecule has 0 aliphatic heterocycles. The molecule has 0 fully saturated rings. The largest absolute Gasteiger partial charge is 0.456 e. The number of aromatic nitrogens is 2. The van der Waals surface area contributed by atoms with Crippen molar-refractivity contribution in [2.45, 2.75) is 0 Å². The van der Waals surface area contributed by atoms with E-state index in [9.17, 15) is 0 Å². The molecule has 6 nitrogen and oxygen atoms in total. The number of benzene rings is 14. The van der Waals surface area contributed by atoms with Gasteiger partial charge < -0.3 is 27.8 Å². The summed E-state index contributed by atoms with van der Waals surface area (Å²) in [6.07, 6.45) is 0. The van der Waals surface area contributed by atoms with Crippen molar-refractivity contribution in [2.75, 3.05) is 9.80 Å². The van der Waals surface area contributed by atoms with E-state index in [0.29, 0.717) is 0 Å². The molecule has 0 radical (unpaired) electrons. The molecule has 0 atom stereocenters. The Bertz CT molecular complexity index is 5330. The fourth-order valence-electron chi connectivity index (χ4n) is 13.8. The van der Waals surface area contributed by atoms with E-state index in [1.165, 1.54) is 65.2 Å². The molecule has 0 bridgehead atoms. The number of fused-ring (bicyclic) bond motifs is 19. The van der Waals surface area contributed by atoms with Gasteiger partial charge in [0.1, 0.15) is 22.3 Å². The SMILES string of the molecule is c1ccc(N(c2ccc3c(c2)oc2ccc4c(ccc5oc6cc(N(c7ccccc7)c7ccc8ccc9c(c8c7)c7ccccc7n9-c7ccccc7)ccc6c54)c23)c2ccc3ccc4c(c3c2)c2ccccc2n4-c2ccccc2)cc1. The van der Waals surface area contributed by atoms with E-state index in [1.807, 2.05) is 0 Å². The molecule has 0 N–H and O–H groups in total.